The van der Waals surface area contributed by atoms with Gasteiger partial charge in [0.05, 0.1) is 0 Å². The summed E-state index contributed by atoms with van der Waals surface area (Å²) in [7, 11) is 0. The van der Waals surface area contributed by atoms with Gasteiger partial charge in [0, 0.05) is 26.1 Å². The molecule has 4 nitrogen and oxygen atoms in total. The van der Waals surface area contributed by atoms with Crippen molar-refractivity contribution in [3.8, 4) is 0 Å². The van der Waals surface area contributed by atoms with Gasteiger partial charge in [0.15, 0.2) is 6.29 Å². The van der Waals surface area contributed by atoms with Gasteiger partial charge in [-0.2, -0.15) is 0 Å². The minimum absolute atomic E-state index is 0.161. The Balaban J connectivity index is 3.55. The zero-order valence-electron chi connectivity index (χ0n) is 9.83. The Labute approximate surface area is 92.1 Å². The van der Waals surface area contributed by atoms with Crippen LogP contribution < -0.4 is 5.73 Å². The molecule has 0 unspecified atom stereocenters. The summed E-state index contributed by atoms with van der Waals surface area (Å²) >= 11 is 0. The van der Waals surface area contributed by atoms with E-state index in [0.717, 1.165) is 12.8 Å². The molecular weight excluding hydrogens is 194 g/mol. The molecule has 4 heteroatoms. The van der Waals surface area contributed by atoms with Gasteiger partial charge in [-0.1, -0.05) is 0 Å². The van der Waals surface area contributed by atoms with Crippen molar-refractivity contribution in [3.63, 3.8) is 0 Å². The molecule has 0 rings (SSSR count). The average molecular weight is 217 g/mol. The fourth-order valence-electron chi connectivity index (χ4n) is 1.34. The third-order valence-corrected chi connectivity index (χ3v) is 2.02. The maximum Gasteiger partial charge on any atom is 0.157 e. The molecule has 0 heterocycles. The molecule has 0 aliphatic carbocycles. The zero-order valence-corrected chi connectivity index (χ0v) is 9.83. The highest BCUT2D eigenvalue weighted by molar-refractivity contribution is 5.78. The summed E-state index contributed by atoms with van der Waals surface area (Å²) in [5.74, 6) is 0.226. The normalized spacial score (nSPS) is 10.9. The molecule has 0 bridgehead atoms. The average Bonchev–Trinajstić information content (AvgIpc) is 2.19. The fourth-order valence-corrected chi connectivity index (χ4v) is 1.34. The smallest absolute Gasteiger partial charge is 0.157 e. The Bertz CT molecular complexity index is 156. The standard InChI is InChI=1S/C11H23NO3/c1-3-14-11(15-4-2)7-5-6-10(13)8-9-12/h11H,3-9,12H2,1-2H3. The lowest BCUT2D eigenvalue weighted by Crippen LogP contribution is -2.17. The minimum Gasteiger partial charge on any atom is -0.353 e. The maximum atomic E-state index is 11.2. The first-order valence-electron chi connectivity index (χ1n) is 5.69. The molecule has 2 N–H and O–H groups in total. The number of carbonyl (C=O) groups excluding carboxylic acids is 1. The summed E-state index contributed by atoms with van der Waals surface area (Å²) < 4.78 is 10.7. The summed E-state index contributed by atoms with van der Waals surface area (Å²) in [6, 6.07) is 0. The van der Waals surface area contributed by atoms with Crippen LogP contribution in [0.2, 0.25) is 0 Å². The Kier molecular flexibility index (Phi) is 9.78. The van der Waals surface area contributed by atoms with E-state index < -0.39 is 0 Å². The molecule has 0 radical (unpaired) electrons. The highest BCUT2D eigenvalue weighted by Gasteiger charge is 2.08. The van der Waals surface area contributed by atoms with Crippen molar-refractivity contribution in [3.05, 3.63) is 0 Å². The highest BCUT2D eigenvalue weighted by Crippen LogP contribution is 2.07. The van der Waals surface area contributed by atoms with Crippen molar-refractivity contribution in [2.45, 2.75) is 45.8 Å². The van der Waals surface area contributed by atoms with Crippen LogP contribution in [-0.2, 0) is 14.3 Å². The van der Waals surface area contributed by atoms with Gasteiger partial charge in [-0.15, -0.1) is 0 Å². The lowest BCUT2D eigenvalue weighted by Gasteiger charge is -2.16. The molecule has 0 aromatic carbocycles. The molecular formula is C11H23NO3. The van der Waals surface area contributed by atoms with Crippen molar-refractivity contribution in [1.82, 2.24) is 0 Å². The predicted octanol–water partition coefficient (Wildman–Crippen LogP) is 1.47. The fraction of sp³-hybridized carbons (Fsp3) is 0.909. The van der Waals surface area contributed by atoms with Crippen molar-refractivity contribution in [1.29, 1.82) is 0 Å². The third kappa shape index (κ3) is 8.54. The van der Waals surface area contributed by atoms with Crippen LogP contribution >= 0.6 is 0 Å². The van der Waals surface area contributed by atoms with Crippen molar-refractivity contribution >= 4 is 5.78 Å². The number of hydrogen-bond acceptors (Lipinski definition) is 4. The molecule has 0 aliphatic rings. The molecule has 0 aromatic heterocycles. The van der Waals surface area contributed by atoms with E-state index in [4.69, 9.17) is 15.2 Å². The van der Waals surface area contributed by atoms with E-state index >= 15 is 0 Å². The second kappa shape index (κ2) is 10.1. The maximum absolute atomic E-state index is 11.2. The molecule has 15 heavy (non-hydrogen) atoms. The van der Waals surface area contributed by atoms with Crippen LogP contribution in [0.4, 0.5) is 0 Å². The largest absolute Gasteiger partial charge is 0.353 e. The number of carbonyl (C=O) groups is 1. The van der Waals surface area contributed by atoms with Crippen molar-refractivity contribution < 1.29 is 14.3 Å². The SMILES string of the molecule is CCOC(CCCC(=O)CCN)OCC. The number of hydrogen-bond donors (Lipinski definition) is 1. The molecule has 0 aromatic rings. The first kappa shape index (κ1) is 14.6. The molecule has 0 spiro atoms. The zero-order chi connectivity index (χ0) is 11.5. The summed E-state index contributed by atoms with van der Waals surface area (Å²) in [5, 5.41) is 0. The van der Waals surface area contributed by atoms with Gasteiger partial charge in [0.1, 0.15) is 5.78 Å². The lowest BCUT2D eigenvalue weighted by atomic mass is 10.1. The number of ketones is 1. The first-order valence-corrected chi connectivity index (χ1v) is 5.69. The van der Waals surface area contributed by atoms with Crippen LogP contribution in [0.5, 0.6) is 0 Å². The topological polar surface area (TPSA) is 61.5 Å². The molecule has 0 fully saturated rings. The Hall–Kier alpha value is -0.450. The molecule has 0 aliphatic heterocycles. The van der Waals surface area contributed by atoms with Gasteiger partial charge in [-0.3, -0.25) is 4.79 Å². The molecule has 0 atom stereocenters. The molecule has 0 saturated heterocycles. The first-order chi connectivity index (χ1) is 7.24. The van der Waals surface area contributed by atoms with Gasteiger partial charge in [-0.25, -0.2) is 0 Å². The van der Waals surface area contributed by atoms with E-state index in [1.54, 1.807) is 0 Å². The number of ether oxygens (including phenoxy) is 2. The van der Waals surface area contributed by atoms with Crippen LogP contribution in [0.25, 0.3) is 0 Å². The highest BCUT2D eigenvalue weighted by atomic mass is 16.7. The Morgan fingerprint density at radius 3 is 2.27 bits per heavy atom. The van der Waals surface area contributed by atoms with Crippen molar-refractivity contribution in [2.75, 3.05) is 19.8 Å². The molecule has 0 saturated carbocycles. The second-order valence-electron chi connectivity index (χ2n) is 3.31. The second-order valence-corrected chi connectivity index (χ2v) is 3.31. The summed E-state index contributed by atoms with van der Waals surface area (Å²) in [6.45, 7) is 5.60. The van der Waals surface area contributed by atoms with Gasteiger partial charge < -0.3 is 15.2 Å². The summed E-state index contributed by atoms with van der Waals surface area (Å²) in [4.78, 5) is 11.2. The summed E-state index contributed by atoms with van der Waals surface area (Å²) in [5.41, 5.74) is 5.29. The van der Waals surface area contributed by atoms with E-state index in [2.05, 4.69) is 0 Å². The monoisotopic (exact) mass is 217 g/mol. The minimum atomic E-state index is -0.161. The van der Waals surface area contributed by atoms with E-state index in [1.807, 2.05) is 13.8 Å². The van der Waals surface area contributed by atoms with Crippen LogP contribution in [-0.4, -0.2) is 31.8 Å². The van der Waals surface area contributed by atoms with Gasteiger partial charge in [-0.05, 0) is 33.2 Å². The third-order valence-electron chi connectivity index (χ3n) is 2.02. The van der Waals surface area contributed by atoms with Gasteiger partial charge in [0.25, 0.3) is 0 Å². The van der Waals surface area contributed by atoms with E-state index in [9.17, 15) is 4.79 Å². The van der Waals surface area contributed by atoms with Crippen LogP contribution in [0.15, 0.2) is 0 Å². The number of Topliss-reactive ketones (excluding diaryl/α,β-unsaturated/α-hetero) is 1. The lowest BCUT2D eigenvalue weighted by molar-refractivity contribution is -0.141. The van der Waals surface area contributed by atoms with Crippen molar-refractivity contribution in [2.24, 2.45) is 5.73 Å². The Morgan fingerprint density at radius 2 is 1.80 bits per heavy atom. The van der Waals surface area contributed by atoms with Crippen LogP contribution in [0.1, 0.15) is 39.5 Å². The summed E-state index contributed by atoms with van der Waals surface area (Å²) in [6.07, 6.45) is 2.48. The van der Waals surface area contributed by atoms with E-state index in [-0.39, 0.29) is 12.1 Å². The Morgan fingerprint density at radius 1 is 1.20 bits per heavy atom. The van der Waals surface area contributed by atoms with Gasteiger partial charge in [0.2, 0.25) is 0 Å². The molecule has 0 amide bonds. The van der Waals surface area contributed by atoms with Crippen LogP contribution in [0.3, 0.4) is 0 Å². The quantitative estimate of drug-likeness (QED) is 0.563. The number of nitrogens with two attached hydrogens (primary N) is 1. The van der Waals surface area contributed by atoms with Gasteiger partial charge >= 0.3 is 0 Å². The predicted molar refractivity (Wildman–Crippen MR) is 59.6 cm³/mol. The van der Waals surface area contributed by atoms with Crippen LogP contribution in [0, 0.1) is 0 Å². The number of rotatable bonds is 10. The van der Waals surface area contributed by atoms with E-state index in [0.29, 0.717) is 32.6 Å². The van der Waals surface area contributed by atoms with E-state index in [1.165, 1.54) is 0 Å². The molecule has 90 valence electrons.